The van der Waals surface area contributed by atoms with Crippen LogP contribution >= 0.6 is 9.47 Å². The summed E-state index contributed by atoms with van der Waals surface area (Å²) in [5, 5.41) is 0. The number of rotatable bonds is 5. The first kappa shape index (κ1) is 13.9. The minimum Gasteiger partial charge on any atom is -0.496 e. The molecule has 0 saturated carbocycles. The van der Waals surface area contributed by atoms with Crippen LogP contribution in [0, 0.1) is 0 Å². The maximum Gasteiger partial charge on any atom is 0.125 e. The van der Waals surface area contributed by atoms with Crippen molar-refractivity contribution in [2.45, 2.75) is 6.10 Å². The fraction of sp³-hybridized carbons (Fsp3) is 0.200. The van der Waals surface area contributed by atoms with Gasteiger partial charge in [-0.05, 0) is 12.1 Å². The molecule has 4 heteroatoms. The maximum atomic E-state index is 5.56. The molecule has 3 nitrogen and oxygen atoms in total. The first-order chi connectivity index (χ1) is 9.31. The second kappa shape index (κ2) is 6.55. The van der Waals surface area contributed by atoms with Crippen LogP contribution in [0.25, 0.3) is 0 Å². The zero-order valence-electron chi connectivity index (χ0n) is 11.0. The van der Waals surface area contributed by atoms with Crippen molar-refractivity contribution in [2.24, 2.45) is 0 Å². The molecule has 0 aromatic heterocycles. The summed E-state index contributed by atoms with van der Waals surface area (Å²) < 4.78 is 16.4. The molecule has 2 rings (SSSR count). The maximum absolute atomic E-state index is 5.56. The molecular weight excluding hydrogens is 259 g/mol. The van der Waals surface area contributed by atoms with Crippen LogP contribution in [0.2, 0.25) is 0 Å². The van der Waals surface area contributed by atoms with Gasteiger partial charge in [0, 0.05) is 20.6 Å². The van der Waals surface area contributed by atoms with Gasteiger partial charge in [0.15, 0.2) is 0 Å². The van der Waals surface area contributed by atoms with Gasteiger partial charge in [-0.2, -0.15) is 0 Å². The number of hydrogen-bond acceptors (Lipinski definition) is 3. The van der Waals surface area contributed by atoms with Gasteiger partial charge in [-0.1, -0.05) is 36.4 Å². The molecule has 0 spiro atoms. The highest BCUT2D eigenvalue weighted by atomic mass is 31.0. The van der Waals surface area contributed by atoms with Gasteiger partial charge >= 0.3 is 0 Å². The van der Waals surface area contributed by atoms with Gasteiger partial charge in [-0.3, -0.25) is 0 Å². The average Bonchev–Trinajstić information content (AvgIpc) is 2.49. The van der Waals surface area contributed by atoms with Crippen LogP contribution in [-0.2, 0) is 4.52 Å². The van der Waals surface area contributed by atoms with Gasteiger partial charge in [0.2, 0.25) is 0 Å². The average molecular weight is 276 g/mol. The molecule has 100 valence electrons. The lowest BCUT2D eigenvalue weighted by Gasteiger charge is -2.20. The van der Waals surface area contributed by atoms with Crippen LogP contribution in [0.5, 0.6) is 11.5 Å². The summed E-state index contributed by atoms with van der Waals surface area (Å²) in [4.78, 5) is 0. The Hall–Kier alpha value is -1.57. The molecular formula is C15H17O3P. The standard InChI is InChI=1S/C15H17O3P/c1-16-13-9-5-3-7-11(13)15(18-19)12-8-4-6-10-14(12)17-2/h3-10,15H,19H2,1-2H3. The van der Waals surface area contributed by atoms with Gasteiger partial charge in [-0.15, -0.1) is 0 Å². The zero-order valence-corrected chi connectivity index (χ0v) is 12.2. The van der Waals surface area contributed by atoms with E-state index in [1.807, 2.05) is 48.5 Å². The first-order valence-electron chi connectivity index (χ1n) is 5.93. The van der Waals surface area contributed by atoms with Crippen molar-refractivity contribution in [2.75, 3.05) is 14.2 Å². The first-order valence-corrected chi connectivity index (χ1v) is 6.40. The largest absolute Gasteiger partial charge is 0.496 e. The summed E-state index contributed by atoms with van der Waals surface area (Å²) in [7, 11) is 5.62. The molecule has 0 aliphatic carbocycles. The molecule has 0 saturated heterocycles. The van der Waals surface area contributed by atoms with Crippen molar-refractivity contribution in [3.05, 3.63) is 59.7 Å². The lowest BCUT2D eigenvalue weighted by atomic mass is 10.00. The third-order valence-corrected chi connectivity index (χ3v) is 3.25. The SMILES string of the molecule is COc1ccccc1C(OP)c1ccccc1OC. The van der Waals surface area contributed by atoms with Crippen LogP contribution in [0.3, 0.4) is 0 Å². The molecule has 0 fully saturated rings. The Bertz CT molecular complexity index is 495. The summed E-state index contributed by atoms with van der Waals surface area (Å²) in [5.41, 5.74) is 1.93. The summed E-state index contributed by atoms with van der Waals surface area (Å²) in [6.07, 6.45) is -0.253. The zero-order chi connectivity index (χ0) is 13.7. The van der Waals surface area contributed by atoms with E-state index in [9.17, 15) is 0 Å². The second-order valence-corrected chi connectivity index (χ2v) is 4.27. The minimum atomic E-state index is -0.253. The number of methoxy groups -OCH3 is 2. The van der Waals surface area contributed by atoms with Gasteiger partial charge in [0.25, 0.3) is 0 Å². The Morgan fingerprint density at radius 1 is 0.789 bits per heavy atom. The third kappa shape index (κ3) is 2.89. The third-order valence-electron chi connectivity index (χ3n) is 2.98. The molecule has 19 heavy (non-hydrogen) atoms. The highest BCUT2D eigenvalue weighted by Crippen LogP contribution is 2.38. The molecule has 2 aromatic rings. The molecule has 0 heterocycles. The van der Waals surface area contributed by atoms with E-state index in [4.69, 9.17) is 14.0 Å². The lowest BCUT2D eigenvalue weighted by molar-refractivity contribution is 0.274. The van der Waals surface area contributed by atoms with Gasteiger partial charge in [-0.25, -0.2) is 0 Å². The van der Waals surface area contributed by atoms with Crippen molar-refractivity contribution in [3.63, 3.8) is 0 Å². The molecule has 0 aliphatic heterocycles. The topological polar surface area (TPSA) is 27.7 Å². The molecule has 2 aromatic carbocycles. The highest BCUT2D eigenvalue weighted by molar-refractivity contribution is 7.09. The van der Waals surface area contributed by atoms with E-state index < -0.39 is 0 Å². The summed E-state index contributed by atoms with van der Waals surface area (Å²) >= 11 is 0. The Kier molecular flexibility index (Phi) is 4.78. The molecule has 0 radical (unpaired) electrons. The molecule has 0 bridgehead atoms. The van der Waals surface area contributed by atoms with Crippen LogP contribution in [0.1, 0.15) is 17.2 Å². The number of ether oxygens (including phenoxy) is 2. The van der Waals surface area contributed by atoms with Gasteiger partial charge in [0.05, 0.1) is 14.2 Å². The highest BCUT2D eigenvalue weighted by Gasteiger charge is 2.20. The van der Waals surface area contributed by atoms with E-state index in [-0.39, 0.29) is 6.10 Å². The molecule has 0 N–H and O–H groups in total. The van der Waals surface area contributed by atoms with E-state index >= 15 is 0 Å². The summed E-state index contributed by atoms with van der Waals surface area (Å²) in [5.74, 6) is 1.58. The van der Waals surface area contributed by atoms with Crippen LogP contribution in [0.15, 0.2) is 48.5 Å². The Balaban J connectivity index is 2.50. The number of hydrogen-bond donors (Lipinski definition) is 0. The summed E-state index contributed by atoms with van der Waals surface area (Å²) in [6.45, 7) is 0. The Morgan fingerprint density at radius 2 is 1.21 bits per heavy atom. The van der Waals surface area contributed by atoms with E-state index in [1.54, 1.807) is 14.2 Å². The fourth-order valence-corrected chi connectivity index (χ4v) is 2.37. The van der Waals surface area contributed by atoms with Crippen LogP contribution in [0.4, 0.5) is 0 Å². The van der Waals surface area contributed by atoms with Gasteiger partial charge < -0.3 is 14.0 Å². The van der Waals surface area contributed by atoms with Crippen molar-refractivity contribution < 1.29 is 14.0 Å². The normalized spacial score (nSPS) is 10.5. The van der Waals surface area contributed by atoms with E-state index in [0.29, 0.717) is 0 Å². The summed E-state index contributed by atoms with van der Waals surface area (Å²) in [6, 6.07) is 15.6. The predicted molar refractivity (Wildman–Crippen MR) is 78.6 cm³/mol. The van der Waals surface area contributed by atoms with Gasteiger partial charge in [0.1, 0.15) is 17.6 Å². The van der Waals surface area contributed by atoms with E-state index in [1.165, 1.54) is 0 Å². The van der Waals surface area contributed by atoms with Crippen molar-refractivity contribution in [1.29, 1.82) is 0 Å². The Morgan fingerprint density at radius 3 is 1.58 bits per heavy atom. The predicted octanol–water partition coefficient (Wildman–Crippen LogP) is 3.60. The Labute approximate surface area is 115 Å². The fourth-order valence-electron chi connectivity index (χ4n) is 2.08. The molecule has 0 aliphatic rings. The van der Waals surface area contributed by atoms with E-state index in [0.717, 1.165) is 22.6 Å². The van der Waals surface area contributed by atoms with Crippen molar-refractivity contribution >= 4 is 9.47 Å². The quantitative estimate of drug-likeness (QED) is 0.781. The van der Waals surface area contributed by atoms with Crippen molar-refractivity contribution in [3.8, 4) is 11.5 Å². The number of para-hydroxylation sites is 2. The second-order valence-electron chi connectivity index (χ2n) is 4.00. The number of benzene rings is 2. The minimum absolute atomic E-state index is 0.253. The van der Waals surface area contributed by atoms with Crippen molar-refractivity contribution in [1.82, 2.24) is 0 Å². The monoisotopic (exact) mass is 276 g/mol. The molecule has 1 unspecified atom stereocenters. The smallest absolute Gasteiger partial charge is 0.125 e. The molecule has 1 atom stereocenters. The van der Waals surface area contributed by atoms with Crippen LogP contribution < -0.4 is 9.47 Å². The lowest BCUT2D eigenvalue weighted by Crippen LogP contribution is -2.05. The molecule has 0 amide bonds. The van der Waals surface area contributed by atoms with E-state index in [2.05, 4.69) is 9.47 Å². The van der Waals surface area contributed by atoms with Crippen LogP contribution in [-0.4, -0.2) is 14.2 Å².